The van der Waals surface area contributed by atoms with Crippen LogP contribution >= 0.6 is 11.6 Å². The minimum Gasteiger partial charge on any atom is -0.356 e. The fourth-order valence-electron chi connectivity index (χ4n) is 2.38. The van der Waals surface area contributed by atoms with Crippen molar-refractivity contribution in [1.82, 2.24) is 5.32 Å². The lowest BCUT2D eigenvalue weighted by atomic mass is 10.0. The Kier molecular flexibility index (Phi) is 3.30. The Hall–Kier alpha value is -1.74. The van der Waals surface area contributed by atoms with Crippen molar-refractivity contribution >= 4 is 34.0 Å². The van der Waals surface area contributed by atoms with Gasteiger partial charge in [-0.2, -0.15) is 0 Å². The zero-order valence-corrected chi connectivity index (χ0v) is 11.6. The highest BCUT2D eigenvalue weighted by molar-refractivity contribution is 6.35. The highest BCUT2D eigenvalue weighted by Gasteiger charge is 2.11. The van der Waals surface area contributed by atoms with Crippen molar-refractivity contribution in [2.24, 2.45) is 4.99 Å². The lowest BCUT2D eigenvalue weighted by Crippen LogP contribution is -2.35. The Morgan fingerprint density at radius 2 is 2.05 bits per heavy atom. The van der Waals surface area contributed by atoms with E-state index in [1.807, 2.05) is 18.2 Å². The second kappa shape index (κ2) is 5.10. The van der Waals surface area contributed by atoms with Gasteiger partial charge < -0.3 is 10.6 Å². The molecule has 2 aromatic rings. The molecule has 3 nitrogen and oxygen atoms in total. The number of hydrogen-bond acceptors (Lipinski definition) is 3. The summed E-state index contributed by atoms with van der Waals surface area (Å²) < 4.78 is 0. The van der Waals surface area contributed by atoms with Gasteiger partial charge in [0.25, 0.3) is 0 Å². The van der Waals surface area contributed by atoms with E-state index in [2.05, 4.69) is 34.7 Å². The number of benzene rings is 2. The molecule has 0 aliphatic carbocycles. The summed E-state index contributed by atoms with van der Waals surface area (Å²) in [4.78, 5) is 4.43. The van der Waals surface area contributed by atoms with Gasteiger partial charge in [0.2, 0.25) is 0 Å². The standard InChI is InChI=1S/C15H16ClN3/c1-10-9-13(16)14(12-6-3-2-5-11(10)12)19-15-17-7-4-8-18-15/h2-3,5-6,9H,4,7-8H2,1H3,(H2,17,18,19). The van der Waals surface area contributed by atoms with Gasteiger partial charge in [-0.25, -0.2) is 0 Å². The molecule has 0 saturated heterocycles. The molecule has 0 fully saturated rings. The van der Waals surface area contributed by atoms with Gasteiger partial charge >= 0.3 is 0 Å². The van der Waals surface area contributed by atoms with E-state index in [0.29, 0.717) is 0 Å². The molecule has 19 heavy (non-hydrogen) atoms. The van der Waals surface area contributed by atoms with E-state index < -0.39 is 0 Å². The summed E-state index contributed by atoms with van der Waals surface area (Å²) in [6.45, 7) is 3.89. The van der Waals surface area contributed by atoms with Crippen LogP contribution in [0.3, 0.4) is 0 Å². The molecule has 0 bridgehead atoms. The molecule has 0 aromatic heterocycles. The Morgan fingerprint density at radius 3 is 2.79 bits per heavy atom. The molecule has 0 saturated carbocycles. The van der Waals surface area contributed by atoms with E-state index in [9.17, 15) is 0 Å². The number of rotatable bonds is 1. The Morgan fingerprint density at radius 1 is 1.26 bits per heavy atom. The van der Waals surface area contributed by atoms with E-state index in [4.69, 9.17) is 11.6 Å². The summed E-state index contributed by atoms with van der Waals surface area (Å²) in [5, 5.41) is 9.65. The number of anilines is 1. The number of nitrogens with zero attached hydrogens (tertiary/aromatic N) is 1. The molecule has 2 N–H and O–H groups in total. The number of hydrogen-bond donors (Lipinski definition) is 2. The van der Waals surface area contributed by atoms with Crippen LogP contribution in [0.25, 0.3) is 10.8 Å². The molecule has 3 rings (SSSR count). The van der Waals surface area contributed by atoms with E-state index >= 15 is 0 Å². The zero-order chi connectivity index (χ0) is 13.2. The third-order valence-corrected chi connectivity index (χ3v) is 3.64. The van der Waals surface area contributed by atoms with Gasteiger partial charge in [0.15, 0.2) is 5.96 Å². The highest BCUT2D eigenvalue weighted by Crippen LogP contribution is 2.33. The molecule has 0 amide bonds. The van der Waals surface area contributed by atoms with Gasteiger partial charge in [0, 0.05) is 18.5 Å². The fourth-order valence-corrected chi connectivity index (χ4v) is 2.69. The Bertz CT molecular complexity index is 649. The lowest BCUT2D eigenvalue weighted by Gasteiger charge is -2.18. The van der Waals surface area contributed by atoms with Gasteiger partial charge in [-0.05, 0) is 30.4 Å². The number of aliphatic imine (C=N–C) groups is 1. The van der Waals surface area contributed by atoms with Crippen molar-refractivity contribution in [3.05, 3.63) is 40.9 Å². The summed E-state index contributed by atoms with van der Waals surface area (Å²) in [6, 6.07) is 10.3. The first-order chi connectivity index (χ1) is 9.25. The normalized spacial score (nSPS) is 14.9. The quantitative estimate of drug-likeness (QED) is 0.833. The third-order valence-electron chi connectivity index (χ3n) is 3.34. The molecule has 1 aliphatic heterocycles. The van der Waals surface area contributed by atoms with Crippen LogP contribution in [0.5, 0.6) is 0 Å². The van der Waals surface area contributed by atoms with Gasteiger partial charge in [0.05, 0.1) is 10.7 Å². The molecule has 0 spiro atoms. The molecule has 98 valence electrons. The first-order valence-electron chi connectivity index (χ1n) is 6.49. The number of aryl methyl sites for hydroxylation is 1. The van der Waals surface area contributed by atoms with E-state index in [1.54, 1.807) is 0 Å². The number of guanidine groups is 1. The highest BCUT2D eigenvalue weighted by atomic mass is 35.5. The van der Waals surface area contributed by atoms with Gasteiger partial charge in [-0.15, -0.1) is 0 Å². The summed E-state index contributed by atoms with van der Waals surface area (Å²) in [7, 11) is 0. The molecule has 0 atom stereocenters. The first-order valence-corrected chi connectivity index (χ1v) is 6.87. The fraction of sp³-hybridized carbons (Fsp3) is 0.267. The predicted octanol–water partition coefficient (Wildman–Crippen LogP) is 3.56. The van der Waals surface area contributed by atoms with Crippen molar-refractivity contribution < 1.29 is 0 Å². The average molecular weight is 274 g/mol. The van der Waals surface area contributed by atoms with Crippen molar-refractivity contribution in [2.75, 3.05) is 18.4 Å². The SMILES string of the molecule is Cc1cc(Cl)c(NC2=NCCCN2)c2ccccc12. The molecule has 2 aromatic carbocycles. The maximum absolute atomic E-state index is 6.38. The van der Waals surface area contributed by atoms with Crippen LogP contribution in [-0.4, -0.2) is 19.0 Å². The van der Waals surface area contributed by atoms with Crippen LogP contribution < -0.4 is 10.6 Å². The summed E-state index contributed by atoms with van der Waals surface area (Å²) in [5.41, 5.74) is 2.11. The Balaban J connectivity index is 2.09. The molecule has 1 aliphatic rings. The second-order valence-corrected chi connectivity index (χ2v) is 5.14. The third kappa shape index (κ3) is 2.38. The van der Waals surface area contributed by atoms with Crippen LogP contribution in [0.2, 0.25) is 5.02 Å². The van der Waals surface area contributed by atoms with E-state index in [0.717, 1.165) is 41.6 Å². The van der Waals surface area contributed by atoms with Crippen LogP contribution in [0.1, 0.15) is 12.0 Å². The van der Waals surface area contributed by atoms with Gasteiger partial charge in [0.1, 0.15) is 0 Å². The number of nitrogens with one attached hydrogen (secondary N) is 2. The van der Waals surface area contributed by atoms with Gasteiger partial charge in [-0.1, -0.05) is 35.9 Å². The minimum absolute atomic E-state index is 0.728. The first kappa shape index (κ1) is 12.3. The average Bonchev–Trinajstić information content (AvgIpc) is 2.45. The maximum Gasteiger partial charge on any atom is 0.195 e. The van der Waals surface area contributed by atoms with Crippen LogP contribution in [0, 0.1) is 6.92 Å². The second-order valence-electron chi connectivity index (χ2n) is 4.73. The molecular formula is C15H16ClN3. The number of fused-ring (bicyclic) bond motifs is 1. The molecule has 0 unspecified atom stereocenters. The Labute approximate surface area is 117 Å². The maximum atomic E-state index is 6.38. The van der Waals surface area contributed by atoms with Crippen molar-refractivity contribution in [3.8, 4) is 0 Å². The lowest BCUT2D eigenvalue weighted by molar-refractivity contribution is 0.740. The van der Waals surface area contributed by atoms with Gasteiger partial charge in [-0.3, -0.25) is 4.99 Å². The molecule has 1 heterocycles. The van der Waals surface area contributed by atoms with Crippen molar-refractivity contribution in [2.45, 2.75) is 13.3 Å². The smallest absolute Gasteiger partial charge is 0.195 e. The summed E-state index contributed by atoms with van der Waals surface area (Å²) in [6.07, 6.45) is 1.08. The van der Waals surface area contributed by atoms with Crippen LogP contribution in [0.4, 0.5) is 5.69 Å². The topological polar surface area (TPSA) is 36.4 Å². The summed E-state index contributed by atoms with van der Waals surface area (Å²) in [5.74, 6) is 0.808. The predicted molar refractivity (Wildman–Crippen MR) is 82.2 cm³/mol. The largest absolute Gasteiger partial charge is 0.356 e. The summed E-state index contributed by atoms with van der Waals surface area (Å²) >= 11 is 6.38. The van der Waals surface area contributed by atoms with Crippen LogP contribution in [0.15, 0.2) is 35.3 Å². The monoisotopic (exact) mass is 273 g/mol. The molecular weight excluding hydrogens is 258 g/mol. The zero-order valence-electron chi connectivity index (χ0n) is 10.8. The van der Waals surface area contributed by atoms with Crippen LogP contribution in [-0.2, 0) is 0 Å². The molecule has 0 radical (unpaired) electrons. The minimum atomic E-state index is 0.728. The molecule has 4 heteroatoms. The number of halogens is 1. The van der Waals surface area contributed by atoms with Crippen molar-refractivity contribution in [1.29, 1.82) is 0 Å². The van der Waals surface area contributed by atoms with E-state index in [1.165, 1.54) is 10.9 Å². The van der Waals surface area contributed by atoms with Crippen molar-refractivity contribution in [3.63, 3.8) is 0 Å². The van der Waals surface area contributed by atoms with E-state index in [-0.39, 0.29) is 0 Å².